The third kappa shape index (κ3) is 2.24. The fraction of sp³-hybridized carbons (Fsp3) is 0.636. The number of nitrogens with one attached hydrogen (secondary N) is 1. The Morgan fingerprint density at radius 2 is 2.50 bits per heavy atom. The van der Waals surface area contributed by atoms with Crippen molar-refractivity contribution in [1.82, 2.24) is 15.3 Å². The topological polar surface area (TPSA) is 50.3 Å². The first-order valence-electron chi connectivity index (χ1n) is 6.88. The zero-order chi connectivity index (χ0) is 14.0. The molecule has 0 bridgehead atoms. The van der Waals surface area contributed by atoms with E-state index < -0.39 is 6.98 Å². The van der Waals surface area contributed by atoms with Crippen LogP contribution in [0.3, 0.4) is 0 Å². The number of hydrogen-bond acceptors (Lipinski definition) is 5. The molecular formula is C11H18N4O. The molecule has 0 saturated heterocycles. The molecule has 5 nitrogen and oxygen atoms in total. The van der Waals surface area contributed by atoms with Gasteiger partial charge in [0.25, 0.3) is 0 Å². The van der Waals surface area contributed by atoms with Crippen LogP contribution in [0.4, 0.5) is 5.82 Å². The van der Waals surface area contributed by atoms with Crippen LogP contribution >= 0.6 is 0 Å². The van der Waals surface area contributed by atoms with E-state index in [0.29, 0.717) is 30.5 Å². The molecule has 1 aromatic rings. The second kappa shape index (κ2) is 4.65. The number of nitrogens with zero attached hydrogens (tertiary/aromatic N) is 3. The van der Waals surface area contributed by atoms with Crippen molar-refractivity contribution in [2.24, 2.45) is 0 Å². The highest BCUT2D eigenvalue weighted by molar-refractivity contribution is 5.39. The van der Waals surface area contributed by atoms with Gasteiger partial charge < -0.3 is 15.0 Å². The lowest BCUT2D eigenvalue weighted by atomic mass is 10.3. The van der Waals surface area contributed by atoms with Crippen LogP contribution in [0.15, 0.2) is 6.20 Å². The Kier molecular flexibility index (Phi) is 2.28. The summed E-state index contributed by atoms with van der Waals surface area (Å²) in [6, 6.07) is -0.205. The van der Waals surface area contributed by atoms with Gasteiger partial charge in [0.15, 0.2) is 5.82 Å². The molecule has 0 atom stereocenters. The summed E-state index contributed by atoms with van der Waals surface area (Å²) in [6.07, 6.45) is 1.49. The largest absolute Gasteiger partial charge is 0.475 e. The van der Waals surface area contributed by atoms with E-state index in [1.165, 1.54) is 11.1 Å². The van der Waals surface area contributed by atoms with Crippen molar-refractivity contribution in [3.63, 3.8) is 0 Å². The summed E-state index contributed by atoms with van der Waals surface area (Å²) in [5.74, 6) is 0.730. The number of fused-ring (bicyclic) bond motifs is 1. The molecule has 0 fully saturated rings. The normalized spacial score (nSPS) is 18.8. The SMILES string of the molecule is [2H]C([2H])([2H])N(c1cnc2c(n1)OCCNC2)C(C)C. The summed E-state index contributed by atoms with van der Waals surface area (Å²) < 4.78 is 28.2. The third-order valence-corrected chi connectivity index (χ3v) is 2.37. The van der Waals surface area contributed by atoms with E-state index in [-0.39, 0.29) is 6.04 Å². The third-order valence-electron chi connectivity index (χ3n) is 2.37. The van der Waals surface area contributed by atoms with E-state index in [1.807, 2.05) is 13.8 Å². The maximum absolute atomic E-state index is 7.58. The lowest BCUT2D eigenvalue weighted by molar-refractivity contribution is 0.313. The van der Waals surface area contributed by atoms with Gasteiger partial charge in [0.1, 0.15) is 12.3 Å². The Hall–Kier alpha value is -1.36. The smallest absolute Gasteiger partial charge is 0.239 e. The molecular weight excluding hydrogens is 204 g/mol. The summed E-state index contributed by atoms with van der Waals surface area (Å²) in [5, 5.41) is 3.15. The molecule has 1 aliphatic rings. The lowest BCUT2D eigenvalue weighted by Gasteiger charge is -2.22. The first-order chi connectivity index (χ1) is 8.89. The second-order valence-corrected chi connectivity index (χ2v) is 3.97. The molecule has 5 heteroatoms. The summed E-state index contributed by atoms with van der Waals surface area (Å²) in [4.78, 5) is 9.82. The molecule has 1 N–H and O–H groups in total. The van der Waals surface area contributed by atoms with Crippen molar-refractivity contribution in [3.05, 3.63) is 11.9 Å². The van der Waals surface area contributed by atoms with Gasteiger partial charge >= 0.3 is 0 Å². The fourth-order valence-electron chi connectivity index (χ4n) is 1.43. The van der Waals surface area contributed by atoms with Crippen molar-refractivity contribution in [2.45, 2.75) is 26.4 Å². The Morgan fingerprint density at radius 3 is 3.25 bits per heavy atom. The molecule has 1 aromatic heterocycles. The quantitative estimate of drug-likeness (QED) is 0.807. The molecule has 88 valence electrons. The van der Waals surface area contributed by atoms with Crippen molar-refractivity contribution in [2.75, 3.05) is 25.0 Å². The molecule has 1 aliphatic heterocycles. The Balaban J connectivity index is 2.37. The number of anilines is 1. The molecule has 0 saturated carbocycles. The van der Waals surface area contributed by atoms with E-state index in [2.05, 4.69) is 15.3 Å². The zero-order valence-electron chi connectivity index (χ0n) is 12.5. The van der Waals surface area contributed by atoms with Crippen LogP contribution in [-0.2, 0) is 6.54 Å². The van der Waals surface area contributed by atoms with Crippen LogP contribution in [0.1, 0.15) is 23.7 Å². The van der Waals surface area contributed by atoms with Crippen LogP contribution in [0, 0.1) is 0 Å². The van der Waals surface area contributed by atoms with Gasteiger partial charge in [0.2, 0.25) is 5.88 Å². The van der Waals surface area contributed by atoms with Crippen molar-refractivity contribution in [1.29, 1.82) is 0 Å². The van der Waals surface area contributed by atoms with Gasteiger partial charge in [-0.25, -0.2) is 0 Å². The molecule has 2 heterocycles. The molecule has 16 heavy (non-hydrogen) atoms. The Bertz CT molecular complexity index is 450. The van der Waals surface area contributed by atoms with Gasteiger partial charge in [-0.15, -0.1) is 0 Å². The number of ether oxygens (including phenoxy) is 1. The highest BCUT2D eigenvalue weighted by Crippen LogP contribution is 2.20. The molecule has 2 rings (SSSR count). The van der Waals surface area contributed by atoms with Crippen LogP contribution in [0.25, 0.3) is 0 Å². The highest BCUT2D eigenvalue weighted by atomic mass is 16.5. The molecule has 0 radical (unpaired) electrons. The zero-order valence-corrected chi connectivity index (χ0v) is 9.53. The maximum Gasteiger partial charge on any atom is 0.239 e. The van der Waals surface area contributed by atoms with Gasteiger partial charge in [-0.3, -0.25) is 4.98 Å². The van der Waals surface area contributed by atoms with E-state index in [1.54, 1.807) is 0 Å². The summed E-state index contributed by atoms with van der Waals surface area (Å²) in [7, 11) is 0. The van der Waals surface area contributed by atoms with Gasteiger partial charge in [0, 0.05) is 30.2 Å². The standard InChI is InChI=1S/C11H18N4O/c1-8(2)15(3)10-7-13-9-6-12-4-5-16-11(9)14-10/h7-8,12H,4-6H2,1-3H3/i3D3. The monoisotopic (exact) mass is 225 g/mol. The molecule has 0 spiro atoms. The average molecular weight is 225 g/mol. The van der Waals surface area contributed by atoms with Crippen LogP contribution in [0.5, 0.6) is 5.88 Å². The van der Waals surface area contributed by atoms with Crippen molar-refractivity contribution >= 4 is 5.82 Å². The van der Waals surface area contributed by atoms with E-state index in [9.17, 15) is 0 Å². The van der Waals surface area contributed by atoms with Crippen molar-refractivity contribution < 1.29 is 8.85 Å². The molecule has 0 unspecified atom stereocenters. The highest BCUT2D eigenvalue weighted by Gasteiger charge is 2.14. The minimum Gasteiger partial charge on any atom is -0.475 e. The van der Waals surface area contributed by atoms with Crippen molar-refractivity contribution in [3.8, 4) is 5.88 Å². The predicted molar refractivity (Wildman–Crippen MR) is 62.8 cm³/mol. The predicted octanol–water partition coefficient (Wildman–Crippen LogP) is 0.803. The lowest BCUT2D eigenvalue weighted by Crippen LogP contribution is -2.27. The summed E-state index contributed by atoms with van der Waals surface area (Å²) in [5.41, 5.74) is 0.704. The minimum absolute atomic E-state index is 0.205. The van der Waals surface area contributed by atoms with Gasteiger partial charge in [0.05, 0.1) is 6.20 Å². The number of rotatable bonds is 2. The fourth-order valence-corrected chi connectivity index (χ4v) is 1.43. The second-order valence-electron chi connectivity index (χ2n) is 3.97. The molecule has 0 amide bonds. The van der Waals surface area contributed by atoms with Crippen LogP contribution in [0.2, 0.25) is 0 Å². The molecule has 0 aromatic carbocycles. The molecule has 0 aliphatic carbocycles. The average Bonchev–Trinajstić information content (AvgIpc) is 2.51. The van der Waals surface area contributed by atoms with E-state index >= 15 is 0 Å². The van der Waals surface area contributed by atoms with Gasteiger partial charge in [-0.05, 0) is 13.8 Å². The number of hydrogen-bond donors (Lipinski definition) is 1. The van der Waals surface area contributed by atoms with Crippen LogP contribution in [-0.4, -0.2) is 36.1 Å². The Labute approximate surface area is 100 Å². The van der Waals surface area contributed by atoms with Gasteiger partial charge in [-0.1, -0.05) is 0 Å². The summed E-state index contributed by atoms with van der Waals surface area (Å²) >= 11 is 0. The maximum atomic E-state index is 7.58. The van der Waals surface area contributed by atoms with Crippen LogP contribution < -0.4 is 15.0 Å². The number of aromatic nitrogens is 2. The Morgan fingerprint density at radius 1 is 1.62 bits per heavy atom. The first-order valence-corrected chi connectivity index (χ1v) is 5.38. The van der Waals surface area contributed by atoms with Gasteiger partial charge in [-0.2, -0.15) is 4.98 Å². The van der Waals surface area contributed by atoms with E-state index in [4.69, 9.17) is 8.85 Å². The summed E-state index contributed by atoms with van der Waals surface area (Å²) in [6.45, 7) is 3.17. The first kappa shape index (κ1) is 7.84. The van der Waals surface area contributed by atoms with E-state index in [0.717, 1.165) is 6.54 Å². The minimum atomic E-state index is -2.25.